The molecule has 0 bridgehead atoms. The molecule has 1 aliphatic heterocycles. The zero-order valence-electron chi connectivity index (χ0n) is 18.3. The molecule has 3 rings (SSSR count). The van der Waals surface area contributed by atoms with Gasteiger partial charge >= 0.3 is 0 Å². The zero-order valence-corrected chi connectivity index (χ0v) is 18.3. The number of rotatable bonds is 9. The van der Waals surface area contributed by atoms with Crippen molar-refractivity contribution in [2.45, 2.75) is 70.6 Å². The van der Waals surface area contributed by atoms with E-state index < -0.39 is 0 Å². The first-order valence-electron chi connectivity index (χ1n) is 11.2. The second kappa shape index (κ2) is 11.8. The van der Waals surface area contributed by atoms with Crippen LogP contribution in [0.2, 0.25) is 0 Å². The van der Waals surface area contributed by atoms with Crippen LogP contribution in [0.1, 0.15) is 56.1 Å². The van der Waals surface area contributed by atoms with Crippen molar-refractivity contribution in [1.82, 2.24) is 16.0 Å². The van der Waals surface area contributed by atoms with Crippen LogP contribution in [0.3, 0.4) is 0 Å². The Hall–Kier alpha value is -2.28. The van der Waals surface area contributed by atoms with Gasteiger partial charge < -0.3 is 25.4 Å². The van der Waals surface area contributed by atoms with Gasteiger partial charge in [-0.2, -0.15) is 0 Å². The van der Waals surface area contributed by atoms with Crippen molar-refractivity contribution in [2.75, 3.05) is 26.8 Å². The van der Waals surface area contributed by atoms with E-state index in [-0.39, 0.29) is 12.0 Å². The summed E-state index contributed by atoms with van der Waals surface area (Å²) in [6, 6.07) is 6.59. The minimum atomic E-state index is 0.105. The highest BCUT2D eigenvalue weighted by atomic mass is 16.5. The fourth-order valence-corrected chi connectivity index (χ4v) is 3.96. The Bertz CT molecular complexity index is 710. The predicted molar refractivity (Wildman–Crippen MR) is 119 cm³/mol. The second-order valence-corrected chi connectivity index (χ2v) is 8.21. The molecule has 1 saturated carbocycles. The Balaban J connectivity index is 1.42. The Morgan fingerprint density at radius 1 is 1.20 bits per heavy atom. The van der Waals surface area contributed by atoms with Crippen LogP contribution in [-0.2, 0) is 16.1 Å². The van der Waals surface area contributed by atoms with Gasteiger partial charge in [0.25, 0.3) is 0 Å². The summed E-state index contributed by atoms with van der Waals surface area (Å²) in [5.74, 6) is 1.66. The summed E-state index contributed by atoms with van der Waals surface area (Å²) in [6.07, 6.45) is 7.46. The van der Waals surface area contributed by atoms with Crippen molar-refractivity contribution in [3.05, 3.63) is 29.3 Å². The van der Waals surface area contributed by atoms with E-state index in [1.54, 1.807) is 7.05 Å². The number of benzene rings is 1. The number of guanidine groups is 1. The van der Waals surface area contributed by atoms with E-state index in [2.05, 4.69) is 46.1 Å². The van der Waals surface area contributed by atoms with E-state index in [1.165, 1.54) is 12.8 Å². The molecule has 1 unspecified atom stereocenters. The monoisotopic (exact) mass is 416 g/mol. The van der Waals surface area contributed by atoms with Gasteiger partial charge in [0.1, 0.15) is 12.4 Å². The van der Waals surface area contributed by atoms with E-state index in [4.69, 9.17) is 9.47 Å². The number of ether oxygens (including phenoxy) is 2. The SMILES string of the molecule is CN=C(NCCC(=O)NC1CCCC1)NCc1ccc(C)cc1OCC1CCCO1. The summed E-state index contributed by atoms with van der Waals surface area (Å²) in [5, 5.41) is 9.65. The maximum atomic E-state index is 12.1. The summed E-state index contributed by atoms with van der Waals surface area (Å²) in [5.41, 5.74) is 2.23. The van der Waals surface area contributed by atoms with Gasteiger partial charge in [-0.1, -0.05) is 25.0 Å². The van der Waals surface area contributed by atoms with Crippen molar-refractivity contribution >= 4 is 11.9 Å². The lowest BCUT2D eigenvalue weighted by molar-refractivity contribution is -0.121. The third kappa shape index (κ3) is 7.20. The highest BCUT2D eigenvalue weighted by Gasteiger charge is 2.18. The summed E-state index contributed by atoms with van der Waals surface area (Å²) >= 11 is 0. The molecule has 30 heavy (non-hydrogen) atoms. The number of hydrogen-bond donors (Lipinski definition) is 3. The van der Waals surface area contributed by atoms with Crippen LogP contribution >= 0.6 is 0 Å². The molecule has 1 aromatic rings. The molecule has 3 N–H and O–H groups in total. The van der Waals surface area contributed by atoms with Crippen molar-refractivity contribution in [2.24, 2.45) is 4.99 Å². The summed E-state index contributed by atoms with van der Waals surface area (Å²) in [4.78, 5) is 16.3. The molecule has 1 aromatic carbocycles. The molecule has 7 nitrogen and oxygen atoms in total. The Kier molecular flexibility index (Phi) is 8.81. The normalized spacial score (nSPS) is 19.7. The Morgan fingerprint density at radius 2 is 2.03 bits per heavy atom. The number of carbonyl (C=O) groups excluding carboxylic acids is 1. The van der Waals surface area contributed by atoms with Crippen molar-refractivity contribution in [3.8, 4) is 5.75 Å². The molecule has 1 amide bonds. The van der Waals surface area contributed by atoms with Crippen LogP contribution in [0.15, 0.2) is 23.2 Å². The maximum Gasteiger partial charge on any atom is 0.221 e. The number of hydrogen-bond acceptors (Lipinski definition) is 4. The average molecular weight is 417 g/mol. The number of aliphatic imine (C=N–C) groups is 1. The lowest BCUT2D eigenvalue weighted by atomic mass is 10.1. The quantitative estimate of drug-likeness (QED) is 0.426. The first-order chi connectivity index (χ1) is 14.6. The molecule has 0 radical (unpaired) electrons. The van der Waals surface area contributed by atoms with Gasteiger partial charge in [-0.25, -0.2) is 0 Å². The summed E-state index contributed by atoms with van der Waals surface area (Å²) < 4.78 is 11.7. The molecule has 1 saturated heterocycles. The van der Waals surface area contributed by atoms with Crippen LogP contribution in [0.5, 0.6) is 5.75 Å². The Labute approximate surface area is 180 Å². The van der Waals surface area contributed by atoms with E-state index in [9.17, 15) is 4.79 Å². The van der Waals surface area contributed by atoms with Crippen molar-refractivity contribution in [3.63, 3.8) is 0 Å². The van der Waals surface area contributed by atoms with Gasteiger partial charge in [0.2, 0.25) is 5.91 Å². The summed E-state index contributed by atoms with van der Waals surface area (Å²) in [6.45, 7) is 4.62. The van der Waals surface area contributed by atoms with Crippen LogP contribution in [-0.4, -0.2) is 50.8 Å². The van der Waals surface area contributed by atoms with Gasteiger partial charge in [-0.05, 0) is 44.2 Å². The average Bonchev–Trinajstić information content (AvgIpc) is 3.44. The van der Waals surface area contributed by atoms with Crippen LogP contribution < -0.4 is 20.7 Å². The smallest absolute Gasteiger partial charge is 0.221 e. The molecule has 1 aliphatic carbocycles. The standard InChI is InChI=1S/C23H36N4O3/c1-17-9-10-18(21(14-17)30-16-20-8-5-13-29-20)15-26-23(24-2)25-12-11-22(28)27-19-6-3-4-7-19/h9-10,14,19-20H,3-8,11-13,15-16H2,1-2H3,(H,27,28)(H2,24,25,26). The first-order valence-corrected chi connectivity index (χ1v) is 11.2. The highest BCUT2D eigenvalue weighted by molar-refractivity contribution is 5.81. The molecule has 7 heteroatoms. The van der Waals surface area contributed by atoms with Gasteiger partial charge in [0.15, 0.2) is 5.96 Å². The largest absolute Gasteiger partial charge is 0.491 e. The van der Waals surface area contributed by atoms with Gasteiger partial charge in [0, 0.05) is 44.8 Å². The fraction of sp³-hybridized carbons (Fsp3) is 0.652. The van der Waals surface area contributed by atoms with E-state index >= 15 is 0 Å². The predicted octanol–water partition coefficient (Wildman–Crippen LogP) is 2.67. The number of carbonyl (C=O) groups is 1. The number of aryl methyl sites for hydroxylation is 1. The molecule has 0 aromatic heterocycles. The van der Waals surface area contributed by atoms with Gasteiger partial charge in [-0.15, -0.1) is 0 Å². The van der Waals surface area contributed by atoms with Crippen LogP contribution in [0, 0.1) is 6.92 Å². The molecular formula is C23H36N4O3. The first kappa shape index (κ1) is 22.4. The number of amides is 1. The minimum absolute atomic E-state index is 0.105. The third-order valence-electron chi connectivity index (χ3n) is 5.71. The molecule has 1 heterocycles. The van der Waals surface area contributed by atoms with Crippen LogP contribution in [0.4, 0.5) is 0 Å². The maximum absolute atomic E-state index is 12.1. The van der Waals surface area contributed by atoms with Crippen molar-refractivity contribution < 1.29 is 14.3 Å². The molecule has 2 fully saturated rings. The Morgan fingerprint density at radius 3 is 2.77 bits per heavy atom. The van der Waals surface area contributed by atoms with Gasteiger partial charge in [-0.3, -0.25) is 9.79 Å². The fourth-order valence-electron chi connectivity index (χ4n) is 3.96. The minimum Gasteiger partial charge on any atom is -0.491 e. The van der Waals surface area contributed by atoms with E-state index in [0.717, 1.165) is 49.2 Å². The van der Waals surface area contributed by atoms with E-state index in [0.29, 0.717) is 38.1 Å². The molecule has 1 atom stereocenters. The number of nitrogens with one attached hydrogen (secondary N) is 3. The third-order valence-corrected chi connectivity index (χ3v) is 5.71. The number of nitrogens with zero attached hydrogens (tertiary/aromatic N) is 1. The highest BCUT2D eigenvalue weighted by Crippen LogP contribution is 2.22. The molecule has 166 valence electrons. The van der Waals surface area contributed by atoms with Crippen LogP contribution in [0.25, 0.3) is 0 Å². The summed E-state index contributed by atoms with van der Waals surface area (Å²) in [7, 11) is 1.73. The zero-order chi connectivity index (χ0) is 21.2. The van der Waals surface area contributed by atoms with Crippen molar-refractivity contribution in [1.29, 1.82) is 0 Å². The molecular weight excluding hydrogens is 380 g/mol. The lowest BCUT2D eigenvalue weighted by Gasteiger charge is -2.17. The topological polar surface area (TPSA) is 84.0 Å². The van der Waals surface area contributed by atoms with Gasteiger partial charge in [0.05, 0.1) is 6.10 Å². The molecule has 2 aliphatic rings. The lowest BCUT2D eigenvalue weighted by Crippen LogP contribution is -2.40. The van der Waals surface area contributed by atoms with E-state index in [1.807, 2.05) is 0 Å². The second-order valence-electron chi connectivity index (χ2n) is 8.21. The molecule has 0 spiro atoms.